The van der Waals surface area contributed by atoms with Crippen LogP contribution in [0.3, 0.4) is 0 Å². The minimum Gasteiger partial charge on any atom is -0.370 e. The highest BCUT2D eigenvalue weighted by Crippen LogP contribution is 2.17. The second kappa shape index (κ2) is 5.74. The number of nitrogens with one attached hydrogen (secondary N) is 1. The van der Waals surface area contributed by atoms with E-state index in [0.29, 0.717) is 12.6 Å². The third-order valence-corrected chi connectivity index (χ3v) is 4.13. The van der Waals surface area contributed by atoms with Crippen LogP contribution in [0.5, 0.6) is 0 Å². The summed E-state index contributed by atoms with van der Waals surface area (Å²) in [5.41, 5.74) is 1.01. The molecule has 1 N–H and O–H groups in total. The normalized spacial score (nSPS) is 23.8. The standard InChI is InChI=1S/C14H22N4O/c19-14-9-13(17-7-3-4-8-17)10-16-18(14)11-12-5-1-2-6-15-12/h9-10,12,15H,1-8,11H2. The lowest BCUT2D eigenvalue weighted by molar-refractivity contribution is 0.345. The zero-order valence-corrected chi connectivity index (χ0v) is 11.3. The van der Waals surface area contributed by atoms with E-state index in [9.17, 15) is 4.79 Å². The van der Waals surface area contributed by atoms with E-state index >= 15 is 0 Å². The van der Waals surface area contributed by atoms with Gasteiger partial charge in [0.1, 0.15) is 0 Å². The van der Waals surface area contributed by atoms with Crippen molar-refractivity contribution >= 4 is 5.69 Å². The summed E-state index contributed by atoms with van der Waals surface area (Å²) in [5.74, 6) is 0. The van der Waals surface area contributed by atoms with E-state index in [-0.39, 0.29) is 5.56 Å². The number of rotatable bonds is 3. The summed E-state index contributed by atoms with van der Waals surface area (Å²) in [4.78, 5) is 14.4. The Morgan fingerprint density at radius 1 is 1.26 bits per heavy atom. The smallest absolute Gasteiger partial charge is 0.268 e. The quantitative estimate of drug-likeness (QED) is 0.882. The van der Waals surface area contributed by atoms with Crippen LogP contribution in [0.25, 0.3) is 0 Å². The van der Waals surface area contributed by atoms with Gasteiger partial charge < -0.3 is 10.2 Å². The maximum atomic E-state index is 12.1. The van der Waals surface area contributed by atoms with Crippen LogP contribution in [0.15, 0.2) is 17.1 Å². The zero-order chi connectivity index (χ0) is 13.1. The predicted octanol–water partition coefficient (Wildman–Crippen LogP) is 0.986. The molecule has 2 saturated heterocycles. The highest BCUT2D eigenvalue weighted by Gasteiger charge is 2.16. The average molecular weight is 262 g/mol. The molecule has 0 bridgehead atoms. The molecular weight excluding hydrogens is 240 g/mol. The first-order valence-electron chi connectivity index (χ1n) is 7.38. The van der Waals surface area contributed by atoms with Crippen molar-refractivity contribution < 1.29 is 0 Å². The fraction of sp³-hybridized carbons (Fsp3) is 0.714. The molecule has 3 heterocycles. The second-order valence-electron chi connectivity index (χ2n) is 5.58. The average Bonchev–Trinajstić information content (AvgIpc) is 2.96. The van der Waals surface area contributed by atoms with E-state index < -0.39 is 0 Å². The molecule has 3 rings (SSSR count). The number of nitrogens with zero attached hydrogens (tertiary/aromatic N) is 3. The molecule has 0 spiro atoms. The van der Waals surface area contributed by atoms with Crippen LogP contribution in [0.1, 0.15) is 32.1 Å². The maximum absolute atomic E-state index is 12.1. The molecule has 0 amide bonds. The molecule has 104 valence electrons. The number of anilines is 1. The molecule has 5 heteroatoms. The third-order valence-electron chi connectivity index (χ3n) is 4.13. The van der Waals surface area contributed by atoms with Crippen LogP contribution >= 0.6 is 0 Å². The van der Waals surface area contributed by atoms with Crippen LogP contribution in [0.4, 0.5) is 5.69 Å². The summed E-state index contributed by atoms with van der Waals surface area (Å²) in [5, 5.41) is 7.79. The Balaban J connectivity index is 1.70. The van der Waals surface area contributed by atoms with Gasteiger partial charge in [0.15, 0.2) is 0 Å². The van der Waals surface area contributed by atoms with Gasteiger partial charge in [0, 0.05) is 25.2 Å². The van der Waals surface area contributed by atoms with Gasteiger partial charge in [-0.3, -0.25) is 4.79 Å². The largest absolute Gasteiger partial charge is 0.370 e. The molecule has 2 aliphatic rings. The summed E-state index contributed by atoms with van der Waals surface area (Å²) in [6, 6.07) is 2.14. The fourth-order valence-electron chi connectivity index (χ4n) is 3.00. The Bertz CT molecular complexity index is 473. The highest BCUT2D eigenvalue weighted by atomic mass is 16.1. The van der Waals surface area contributed by atoms with Crippen LogP contribution in [-0.2, 0) is 6.54 Å². The van der Waals surface area contributed by atoms with Gasteiger partial charge in [-0.15, -0.1) is 0 Å². The molecule has 1 aromatic rings. The molecule has 1 atom stereocenters. The lowest BCUT2D eigenvalue weighted by Crippen LogP contribution is -2.40. The molecule has 1 unspecified atom stereocenters. The SMILES string of the molecule is O=c1cc(N2CCCC2)cnn1CC1CCCCN1. The number of piperidine rings is 1. The Labute approximate surface area is 113 Å². The van der Waals surface area contributed by atoms with Gasteiger partial charge in [0.05, 0.1) is 18.4 Å². The topological polar surface area (TPSA) is 50.2 Å². The number of hydrogen-bond donors (Lipinski definition) is 1. The van der Waals surface area contributed by atoms with E-state index in [1.54, 1.807) is 10.7 Å². The fourth-order valence-corrected chi connectivity index (χ4v) is 3.00. The molecule has 0 aliphatic carbocycles. The summed E-state index contributed by atoms with van der Waals surface area (Å²) in [6.07, 6.45) is 7.91. The molecule has 2 aliphatic heterocycles. The Kier molecular flexibility index (Phi) is 3.82. The van der Waals surface area contributed by atoms with Crippen molar-refractivity contribution in [3.63, 3.8) is 0 Å². The summed E-state index contributed by atoms with van der Waals surface area (Å²) < 4.78 is 1.60. The maximum Gasteiger partial charge on any atom is 0.268 e. The van der Waals surface area contributed by atoms with E-state index in [2.05, 4.69) is 15.3 Å². The van der Waals surface area contributed by atoms with Gasteiger partial charge in [-0.05, 0) is 32.2 Å². The van der Waals surface area contributed by atoms with Gasteiger partial charge in [-0.2, -0.15) is 5.10 Å². The van der Waals surface area contributed by atoms with Gasteiger partial charge >= 0.3 is 0 Å². The minimum atomic E-state index is 0.0248. The molecule has 2 fully saturated rings. The molecule has 0 radical (unpaired) electrons. The van der Waals surface area contributed by atoms with Gasteiger partial charge in [0.2, 0.25) is 0 Å². The first kappa shape index (κ1) is 12.7. The molecule has 0 aromatic carbocycles. The summed E-state index contributed by atoms with van der Waals surface area (Å²) >= 11 is 0. The van der Waals surface area contributed by atoms with Crippen LogP contribution in [0, 0.1) is 0 Å². The molecule has 0 saturated carbocycles. The van der Waals surface area contributed by atoms with Crippen molar-refractivity contribution in [2.24, 2.45) is 0 Å². The van der Waals surface area contributed by atoms with Crippen molar-refractivity contribution in [3.05, 3.63) is 22.6 Å². The number of hydrogen-bond acceptors (Lipinski definition) is 4. The first-order valence-corrected chi connectivity index (χ1v) is 7.38. The van der Waals surface area contributed by atoms with E-state index in [1.165, 1.54) is 25.7 Å². The van der Waals surface area contributed by atoms with Crippen molar-refractivity contribution in [3.8, 4) is 0 Å². The zero-order valence-electron chi connectivity index (χ0n) is 11.3. The van der Waals surface area contributed by atoms with Crippen LogP contribution in [-0.4, -0.2) is 35.5 Å². The van der Waals surface area contributed by atoms with Crippen molar-refractivity contribution in [1.82, 2.24) is 15.1 Å². The van der Waals surface area contributed by atoms with Gasteiger partial charge in [-0.25, -0.2) is 4.68 Å². The monoisotopic (exact) mass is 262 g/mol. The van der Waals surface area contributed by atoms with E-state index in [4.69, 9.17) is 0 Å². The first-order chi connectivity index (χ1) is 9.33. The van der Waals surface area contributed by atoms with Crippen LogP contribution < -0.4 is 15.8 Å². The van der Waals surface area contributed by atoms with E-state index in [0.717, 1.165) is 31.7 Å². The molecule has 1 aromatic heterocycles. The predicted molar refractivity (Wildman–Crippen MR) is 75.6 cm³/mol. The summed E-state index contributed by atoms with van der Waals surface area (Å²) in [6.45, 7) is 3.86. The summed E-state index contributed by atoms with van der Waals surface area (Å²) in [7, 11) is 0. The van der Waals surface area contributed by atoms with Gasteiger partial charge in [0.25, 0.3) is 5.56 Å². The Hall–Kier alpha value is -1.36. The van der Waals surface area contributed by atoms with Gasteiger partial charge in [-0.1, -0.05) is 6.42 Å². The lowest BCUT2D eigenvalue weighted by Gasteiger charge is -2.24. The highest BCUT2D eigenvalue weighted by molar-refractivity contribution is 5.43. The minimum absolute atomic E-state index is 0.0248. The second-order valence-corrected chi connectivity index (χ2v) is 5.58. The van der Waals surface area contributed by atoms with Crippen molar-refractivity contribution in [1.29, 1.82) is 0 Å². The van der Waals surface area contributed by atoms with E-state index in [1.807, 2.05) is 6.20 Å². The molecular formula is C14H22N4O. The Morgan fingerprint density at radius 3 is 2.79 bits per heavy atom. The molecule has 5 nitrogen and oxygen atoms in total. The molecule has 19 heavy (non-hydrogen) atoms. The number of aromatic nitrogens is 2. The van der Waals surface area contributed by atoms with Crippen molar-refractivity contribution in [2.75, 3.05) is 24.5 Å². The third kappa shape index (κ3) is 2.97. The Morgan fingerprint density at radius 2 is 2.11 bits per heavy atom. The van der Waals surface area contributed by atoms with Crippen molar-refractivity contribution in [2.45, 2.75) is 44.7 Å². The lowest BCUT2D eigenvalue weighted by atomic mass is 10.1. The van der Waals surface area contributed by atoms with Crippen LogP contribution in [0.2, 0.25) is 0 Å².